The SMILES string of the molecule is CC(C(=O)NC1COCC1N)C1CC1. The highest BCUT2D eigenvalue weighted by Gasteiger charge is 2.35. The van der Waals surface area contributed by atoms with Gasteiger partial charge in [-0.25, -0.2) is 0 Å². The Hall–Kier alpha value is -0.610. The predicted molar refractivity (Wildman–Crippen MR) is 52.6 cm³/mol. The van der Waals surface area contributed by atoms with Crippen molar-refractivity contribution in [2.24, 2.45) is 17.6 Å². The molecule has 2 aliphatic rings. The molecule has 0 aromatic carbocycles. The molecule has 80 valence electrons. The number of amides is 1. The maximum Gasteiger partial charge on any atom is 0.223 e. The van der Waals surface area contributed by atoms with Crippen molar-refractivity contribution in [2.45, 2.75) is 31.8 Å². The molecule has 14 heavy (non-hydrogen) atoms. The number of ether oxygens (including phenoxy) is 1. The van der Waals surface area contributed by atoms with Crippen LogP contribution in [0.25, 0.3) is 0 Å². The highest BCUT2D eigenvalue weighted by atomic mass is 16.5. The van der Waals surface area contributed by atoms with Crippen LogP contribution in [0.1, 0.15) is 19.8 Å². The van der Waals surface area contributed by atoms with E-state index in [1.807, 2.05) is 6.92 Å². The second-order valence-electron chi connectivity index (χ2n) is 4.44. The first-order valence-corrected chi connectivity index (χ1v) is 5.32. The van der Waals surface area contributed by atoms with Crippen LogP contribution in [-0.2, 0) is 9.53 Å². The van der Waals surface area contributed by atoms with Gasteiger partial charge in [0.1, 0.15) is 0 Å². The Morgan fingerprint density at radius 2 is 2.21 bits per heavy atom. The molecule has 1 saturated heterocycles. The summed E-state index contributed by atoms with van der Waals surface area (Å²) in [6, 6.07) is -0.0194. The fraction of sp³-hybridized carbons (Fsp3) is 0.900. The molecule has 1 aliphatic carbocycles. The Balaban J connectivity index is 1.80. The molecule has 0 spiro atoms. The van der Waals surface area contributed by atoms with Gasteiger partial charge in [-0.2, -0.15) is 0 Å². The fourth-order valence-electron chi connectivity index (χ4n) is 1.84. The molecule has 0 aromatic rings. The Morgan fingerprint density at radius 3 is 2.71 bits per heavy atom. The number of rotatable bonds is 3. The van der Waals surface area contributed by atoms with Gasteiger partial charge in [0.2, 0.25) is 5.91 Å². The number of nitrogens with one attached hydrogen (secondary N) is 1. The zero-order chi connectivity index (χ0) is 10.1. The van der Waals surface area contributed by atoms with Gasteiger partial charge in [0.05, 0.1) is 25.3 Å². The molecule has 0 radical (unpaired) electrons. The van der Waals surface area contributed by atoms with Gasteiger partial charge < -0.3 is 15.8 Å². The summed E-state index contributed by atoms with van der Waals surface area (Å²) in [7, 11) is 0. The van der Waals surface area contributed by atoms with Gasteiger partial charge in [0.15, 0.2) is 0 Å². The maximum atomic E-state index is 11.7. The van der Waals surface area contributed by atoms with Gasteiger partial charge in [-0.3, -0.25) is 4.79 Å². The van der Waals surface area contributed by atoms with Crippen LogP contribution in [0.4, 0.5) is 0 Å². The average Bonchev–Trinajstić information content (AvgIpc) is 2.92. The van der Waals surface area contributed by atoms with Crippen molar-refractivity contribution in [3.63, 3.8) is 0 Å². The second-order valence-corrected chi connectivity index (χ2v) is 4.44. The topological polar surface area (TPSA) is 64.3 Å². The van der Waals surface area contributed by atoms with E-state index in [0.29, 0.717) is 19.1 Å². The van der Waals surface area contributed by atoms with Crippen LogP contribution >= 0.6 is 0 Å². The number of hydrogen-bond acceptors (Lipinski definition) is 3. The van der Waals surface area contributed by atoms with Crippen LogP contribution in [0.15, 0.2) is 0 Å². The minimum atomic E-state index is -0.0367. The van der Waals surface area contributed by atoms with Crippen LogP contribution in [0, 0.1) is 11.8 Å². The summed E-state index contributed by atoms with van der Waals surface area (Å²) in [5.41, 5.74) is 5.78. The smallest absolute Gasteiger partial charge is 0.223 e. The predicted octanol–water partition coefficient (Wildman–Crippen LogP) is -0.125. The molecular weight excluding hydrogens is 180 g/mol. The van der Waals surface area contributed by atoms with E-state index in [9.17, 15) is 4.79 Å². The maximum absolute atomic E-state index is 11.7. The van der Waals surface area contributed by atoms with E-state index < -0.39 is 0 Å². The van der Waals surface area contributed by atoms with E-state index in [1.54, 1.807) is 0 Å². The minimum Gasteiger partial charge on any atom is -0.378 e. The molecule has 1 amide bonds. The van der Waals surface area contributed by atoms with Crippen LogP contribution in [0.2, 0.25) is 0 Å². The summed E-state index contributed by atoms with van der Waals surface area (Å²) < 4.78 is 5.19. The van der Waals surface area contributed by atoms with Crippen LogP contribution in [0.3, 0.4) is 0 Å². The summed E-state index contributed by atoms with van der Waals surface area (Å²) in [6.45, 7) is 3.11. The van der Waals surface area contributed by atoms with Crippen molar-refractivity contribution >= 4 is 5.91 Å². The van der Waals surface area contributed by atoms with Gasteiger partial charge in [0, 0.05) is 5.92 Å². The van der Waals surface area contributed by atoms with E-state index in [-0.39, 0.29) is 23.9 Å². The van der Waals surface area contributed by atoms with Crippen molar-refractivity contribution in [2.75, 3.05) is 13.2 Å². The molecule has 4 heteroatoms. The van der Waals surface area contributed by atoms with Gasteiger partial charge in [0.25, 0.3) is 0 Å². The van der Waals surface area contributed by atoms with Crippen molar-refractivity contribution in [3.05, 3.63) is 0 Å². The van der Waals surface area contributed by atoms with Crippen molar-refractivity contribution in [1.29, 1.82) is 0 Å². The third-order valence-electron chi connectivity index (χ3n) is 3.19. The van der Waals surface area contributed by atoms with Crippen molar-refractivity contribution < 1.29 is 9.53 Å². The molecule has 1 saturated carbocycles. The lowest BCUT2D eigenvalue weighted by Gasteiger charge is -2.18. The zero-order valence-corrected chi connectivity index (χ0v) is 8.53. The molecule has 3 N–H and O–H groups in total. The van der Waals surface area contributed by atoms with Gasteiger partial charge in [-0.05, 0) is 18.8 Å². The van der Waals surface area contributed by atoms with E-state index in [1.165, 1.54) is 12.8 Å². The lowest BCUT2D eigenvalue weighted by Crippen LogP contribution is -2.48. The first-order chi connectivity index (χ1) is 6.68. The van der Waals surface area contributed by atoms with E-state index in [2.05, 4.69) is 5.32 Å². The molecular formula is C10H18N2O2. The summed E-state index contributed by atoms with van der Waals surface area (Å²) >= 11 is 0. The van der Waals surface area contributed by atoms with Crippen molar-refractivity contribution in [3.8, 4) is 0 Å². The van der Waals surface area contributed by atoms with E-state index in [0.717, 1.165) is 0 Å². The molecule has 1 aliphatic heterocycles. The summed E-state index contributed by atoms with van der Waals surface area (Å²) in [5.74, 6) is 0.884. The highest BCUT2D eigenvalue weighted by Crippen LogP contribution is 2.36. The van der Waals surface area contributed by atoms with Gasteiger partial charge in [-0.15, -0.1) is 0 Å². The Bertz CT molecular complexity index is 228. The van der Waals surface area contributed by atoms with Gasteiger partial charge in [-0.1, -0.05) is 6.92 Å². The number of hydrogen-bond donors (Lipinski definition) is 2. The normalized spacial score (nSPS) is 34.1. The fourth-order valence-corrected chi connectivity index (χ4v) is 1.84. The summed E-state index contributed by atoms with van der Waals surface area (Å²) in [5, 5.41) is 2.96. The standard InChI is InChI=1S/C10H18N2O2/c1-6(7-2-3-7)10(13)12-9-5-14-4-8(9)11/h6-9H,2-5,11H2,1H3,(H,12,13). The Labute approximate surface area is 84.2 Å². The molecule has 0 aromatic heterocycles. The molecule has 4 nitrogen and oxygen atoms in total. The highest BCUT2D eigenvalue weighted by molar-refractivity contribution is 5.79. The lowest BCUT2D eigenvalue weighted by molar-refractivity contribution is -0.125. The molecule has 1 heterocycles. The third-order valence-corrected chi connectivity index (χ3v) is 3.19. The molecule has 2 rings (SSSR count). The van der Waals surface area contributed by atoms with Crippen LogP contribution in [-0.4, -0.2) is 31.2 Å². The molecule has 3 unspecified atom stereocenters. The monoisotopic (exact) mass is 198 g/mol. The number of nitrogens with two attached hydrogens (primary N) is 1. The summed E-state index contributed by atoms with van der Waals surface area (Å²) in [4.78, 5) is 11.7. The minimum absolute atomic E-state index is 0.0173. The Morgan fingerprint density at radius 1 is 1.50 bits per heavy atom. The van der Waals surface area contributed by atoms with Crippen molar-refractivity contribution in [1.82, 2.24) is 5.32 Å². The van der Waals surface area contributed by atoms with Crippen LogP contribution in [0.5, 0.6) is 0 Å². The van der Waals surface area contributed by atoms with Crippen LogP contribution < -0.4 is 11.1 Å². The average molecular weight is 198 g/mol. The van der Waals surface area contributed by atoms with Gasteiger partial charge >= 0.3 is 0 Å². The quantitative estimate of drug-likeness (QED) is 0.664. The number of carbonyl (C=O) groups is 1. The molecule has 0 bridgehead atoms. The zero-order valence-electron chi connectivity index (χ0n) is 8.53. The molecule has 2 fully saturated rings. The first kappa shape index (κ1) is 9.93. The number of carbonyl (C=O) groups excluding carboxylic acids is 1. The third kappa shape index (κ3) is 2.07. The molecule has 3 atom stereocenters. The summed E-state index contributed by atoms with van der Waals surface area (Å²) in [6.07, 6.45) is 2.39. The van der Waals surface area contributed by atoms with E-state index in [4.69, 9.17) is 10.5 Å². The first-order valence-electron chi connectivity index (χ1n) is 5.32. The second kappa shape index (κ2) is 3.87. The van der Waals surface area contributed by atoms with E-state index >= 15 is 0 Å². The lowest BCUT2D eigenvalue weighted by atomic mass is 10.0. The largest absolute Gasteiger partial charge is 0.378 e. The Kier molecular flexibility index (Phi) is 2.74.